The molecule has 3 N–H and O–H groups in total. The van der Waals surface area contributed by atoms with Crippen LogP contribution >= 0.6 is 0 Å². The summed E-state index contributed by atoms with van der Waals surface area (Å²) in [6.07, 6.45) is 0. The van der Waals surface area contributed by atoms with Crippen molar-refractivity contribution in [1.82, 2.24) is 10.2 Å². The Hall–Kier alpha value is -2.04. The first-order valence-electron chi connectivity index (χ1n) is 6.28. The number of benzene rings is 1. The highest BCUT2D eigenvalue weighted by atomic mass is 16.2. The quantitative estimate of drug-likeness (QED) is 0.801. The van der Waals surface area contributed by atoms with E-state index in [0.29, 0.717) is 17.8 Å². The van der Waals surface area contributed by atoms with Gasteiger partial charge in [-0.2, -0.15) is 0 Å². The average molecular weight is 263 g/mol. The largest absolute Gasteiger partial charge is 0.398 e. The molecule has 19 heavy (non-hydrogen) atoms. The van der Waals surface area contributed by atoms with Gasteiger partial charge in [0.2, 0.25) is 5.91 Å². The molecule has 0 aliphatic rings. The lowest BCUT2D eigenvalue weighted by molar-refractivity contribution is -0.131. The van der Waals surface area contributed by atoms with Crippen LogP contribution in [0.15, 0.2) is 18.2 Å². The zero-order chi connectivity index (χ0) is 14.6. The summed E-state index contributed by atoms with van der Waals surface area (Å²) in [6, 6.07) is 4.67. The normalized spacial score (nSPS) is 11.8. The molecule has 0 heterocycles. The summed E-state index contributed by atoms with van der Waals surface area (Å²) in [4.78, 5) is 25.5. The third kappa shape index (κ3) is 3.71. The number of carbonyl (C=O) groups is 2. The highest BCUT2D eigenvalue weighted by Gasteiger charge is 2.20. The van der Waals surface area contributed by atoms with E-state index in [4.69, 9.17) is 5.73 Å². The minimum absolute atomic E-state index is 0.123. The number of nitrogens with one attached hydrogen (secondary N) is 1. The van der Waals surface area contributed by atoms with Crippen LogP contribution in [0.3, 0.4) is 0 Å². The summed E-state index contributed by atoms with van der Waals surface area (Å²) in [5.74, 6) is -0.450. The van der Waals surface area contributed by atoms with Crippen molar-refractivity contribution in [2.45, 2.75) is 26.8 Å². The van der Waals surface area contributed by atoms with E-state index in [1.807, 2.05) is 19.9 Å². The first-order valence-corrected chi connectivity index (χ1v) is 6.28. The van der Waals surface area contributed by atoms with Crippen LogP contribution in [0.4, 0.5) is 5.69 Å². The molecule has 1 rings (SSSR count). The number of likely N-dealkylation sites (N-methyl/N-ethyl adjacent to an activating group) is 1. The molecule has 1 aromatic rings. The smallest absolute Gasteiger partial charge is 0.254 e. The third-order valence-corrected chi connectivity index (χ3v) is 3.02. The minimum Gasteiger partial charge on any atom is -0.398 e. The Morgan fingerprint density at radius 3 is 2.63 bits per heavy atom. The molecular weight excluding hydrogens is 242 g/mol. The lowest BCUT2D eigenvalue weighted by atomic mass is 10.1. The van der Waals surface area contributed by atoms with Gasteiger partial charge in [0.05, 0.1) is 5.56 Å². The molecule has 1 unspecified atom stereocenters. The Balaban J connectivity index is 2.80. The molecule has 1 atom stereocenters. The average Bonchev–Trinajstić information content (AvgIpc) is 2.39. The molecule has 0 aromatic heterocycles. The summed E-state index contributed by atoms with van der Waals surface area (Å²) >= 11 is 0. The number of rotatable bonds is 4. The zero-order valence-corrected chi connectivity index (χ0v) is 11.9. The van der Waals surface area contributed by atoms with Crippen LogP contribution in [-0.2, 0) is 4.79 Å². The molecule has 5 nitrogen and oxygen atoms in total. The van der Waals surface area contributed by atoms with Crippen molar-refractivity contribution < 1.29 is 9.59 Å². The van der Waals surface area contributed by atoms with Crippen molar-refractivity contribution in [2.75, 3.05) is 19.3 Å². The van der Waals surface area contributed by atoms with Crippen molar-refractivity contribution in [3.05, 3.63) is 29.3 Å². The number of aryl methyl sites for hydroxylation is 1. The van der Waals surface area contributed by atoms with Crippen LogP contribution in [-0.4, -0.2) is 36.3 Å². The highest BCUT2D eigenvalue weighted by Crippen LogP contribution is 2.13. The van der Waals surface area contributed by atoms with Gasteiger partial charge in [0.15, 0.2) is 0 Å². The number of carbonyl (C=O) groups excluding carboxylic acids is 2. The fraction of sp³-hybridized carbons (Fsp3) is 0.429. The maximum atomic E-state index is 12.1. The van der Waals surface area contributed by atoms with E-state index in [0.717, 1.165) is 5.56 Å². The predicted molar refractivity (Wildman–Crippen MR) is 75.8 cm³/mol. The molecule has 0 aliphatic heterocycles. The minimum atomic E-state index is -0.572. The summed E-state index contributed by atoms with van der Waals surface area (Å²) in [5, 5.41) is 2.67. The van der Waals surface area contributed by atoms with Gasteiger partial charge in [-0.15, -0.1) is 0 Å². The van der Waals surface area contributed by atoms with Crippen molar-refractivity contribution in [2.24, 2.45) is 0 Å². The van der Waals surface area contributed by atoms with E-state index in [9.17, 15) is 9.59 Å². The van der Waals surface area contributed by atoms with Crippen molar-refractivity contribution in [3.63, 3.8) is 0 Å². The van der Waals surface area contributed by atoms with Crippen LogP contribution in [0, 0.1) is 6.92 Å². The number of hydrogen-bond acceptors (Lipinski definition) is 3. The van der Waals surface area contributed by atoms with Gasteiger partial charge in [-0.3, -0.25) is 9.59 Å². The van der Waals surface area contributed by atoms with E-state index < -0.39 is 6.04 Å². The summed E-state index contributed by atoms with van der Waals surface area (Å²) < 4.78 is 0. The number of nitrogen functional groups attached to an aromatic ring is 1. The molecule has 104 valence electrons. The molecular formula is C14H21N3O2. The third-order valence-electron chi connectivity index (χ3n) is 3.02. The van der Waals surface area contributed by atoms with Crippen molar-refractivity contribution in [3.8, 4) is 0 Å². The van der Waals surface area contributed by atoms with Gasteiger partial charge >= 0.3 is 0 Å². The van der Waals surface area contributed by atoms with Crippen molar-refractivity contribution >= 4 is 17.5 Å². The fourth-order valence-electron chi connectivity index (χ4n) is 1.69. The standard InChI is InChI=1S/C14H21N3O2/c1-5-17(4)14(19)10(3)16-13(18)11-8-9(2)6-7-12(11)15/h6-8,10H,5,15H2,1-4H3,(H,16,18). The lowest BCUT2D eigenvalue weighted by Crippen LogP contribution is -2.45. The SMILES string of the molecule is CCN(C)C(=O)C(C)NC(=O)c1cc(C)ccc1N. The van der Waals surface area contributed by atoms with Crippen molar-refractivity contribution in [1.29, 1.82) is 0 Å². The highest BCUT2D eigenvalue weighted by molar-refractivity contribution is 6.01. The Kier molecular flexibility index (Phi) is 4.92. The maximum Gasteiger partial charge on any atom is 0.254 e. The van der Waals surface area contributed by atoms with Crippen LogP contribution in [0.5, 0.6) is 0 Å². The van der Waals surface area contributed by atoms with Gasteiger partial charge in [-0.1, -0.05) is 11.6 Å². The second-order valence-corrected chi connectivity index (χ2v) is 4.64. The summed E-state index contributed by atoms with van der Waals surface area (Å²) in [7, 11) is 1.70. The van der Waals surface area contributed by atoms with E-state index in [2.05, 4.69) is 5.32 Å². The first-order chi connectivity index (χ1) is 8.86. The maximum absolute atomic E-state index is 12.1. The Labute approximate surface area is 113 Å². The zero-order valence-electron chi connectivity index (χ0n) is 11.9. The molecule has 0 saturated carbocycles. The molecule has 0 bridgehead atoms. The van der Waals surface area contributed by atoms with Crippen LogP contribution in [0.2, 0.25) is 0 Å². The van der Waals surface area contributed by atoms with Gasteiger partial charge in [-0.25, -0.2) is 0 Å². The van der Waals surface area contributed by atoms with Gasteiger partial charge in [0, 0.05) is 19.3 Å². The van der Waals surface area contributed by atoms with Gasteiger partial charge in [0.1, 0.15) is 6.04 Å². The summed E-state index contributed by atoms with van der Waals surface area (Å²) in [6.45, 7) is 6.03. The first kappa shape index (κ1) is 15.0. The predicted octanol–water partition coefficient (Wildman–Crippen LogP) is 1.17. The van der Waals surface area contributed by atoms with Gasteiger partial charge < -0.3 is 16.0 Å². The van der Waals surface area contributed by atoms with E-state index in [1.165, 1.54) is 0 Å². The van der Waals surface area contributed by atoms with Gasteiger partial charge in [0.25, 0.3) is 5.91 Å². The molecule has 0 aliphatic carbocycles. The topological polar surface area (TPSA) is 75.4 Å². The number of nitrogens with two attached hydrogens (primary N) is 1. The summed E-state index contributed by atoms with van der Waals surface area (Å²) in [5.41, 5.74) is 7.53. The van der Waals surface area contributed by atoms with Crippen LogP contribution in [0.1, 0.15) is 29.8 Å². The molecule has 0 fully saturated rings. The molecule has 0 spiro atoms. The number of hydrogen-bond donors (Lipinski definition) is 2. The fourth-order valence-corrected chi connectivity index (χ4v) is 1.69. The number of amides is 2. The van der Waals surface area contributed by atoms with Gasteiger partial charge in [-0.05, 0) is 32.9 Å². The van der Waals surface area contributed by atoms with Crippen LogP contribution in [0.25, 0.3) is 0 Å². The number of nitrogens with zero attached hydrogens (tertiary/aromatic N) is 1. The van der Waals surface area contributed by atoms with Crippen LogP contribution < -0.4 is 11.1 Å². The molecule has 1 aromatic carbocycles. The van der Waals surface area contributed by atoms with E-state index >= 15 is 0 Å². The number of anilines is 1. The monoisotopic (exact) mass is 263 g/mol. The molecule has 0 radical (unpaired) electrons. The van der Waals surface area contributed by atoms with E-state index in [1.54, 1.807) is 31.0 Å². The molecule has 5 heteroatoms. The molecule has 2 amide bonds. The molecule has 0 saturated heterocycles. The Bertz CT molecular complexity index is 486. The second kappa shape index (κ2) is 6.22. The lowest BCUT2D eigenvalue weighted by Gasteiger charge is -2.20. The Morgan fingerprint density at radius 1 is 1.42 bits per heavy atom. The van der Waals surface area contributed by atoms with E-state index in [-0.39, 0.29) is 11.8 Å². The second-order valence-electron chi connectivity index (χ2n) is 4.64. The Morgan fingerprint density at radius 2 is 2.05 bits per heavy atom.